The number of rotatable bonds is 3. The minimum atomic E-state index is 0.524. The number of anilines is 1. The lowest BCUT2D eigenvalue weighted by atomic mass is 10.2. The maximum Gasteiger partial charge on any atom is 0.0598 e. The fraction of sp³-hybridized carbons (Fsp3) is 0.0714. The Labute approximate surface area is 116 Å². The van der Waals surface area contributed by atoms with Crippen molar-refractivity contribution in [2.75, 3.05) is 5.43 Å². The first-order chi connectivity index (χ1) is 8.65. The highest BCUT2D eigenvalue weighted by Crippen LogP contribution is 2.21. The highest BCUT2D eigenvalue weighted by molar-refractivity contribution is 6.42. The number of halogens is 2. The lowest BCUT2D eigenvalue weighted by molar-refractivity contribution is 1.34. The van der Waals surface area contributed by atoms with Gasteiger partial charge in [0, 0.05) is 0 Å². The first kappa shape index (κ1) is 12.9. The molecule has 0 spiro atoms. The molecule has 0 aliphatic heterocycles. The van der Waals surface area contributed by atoms with Gasteiger partial charge in [0.1, 0.15) is 0 Å². The van der Waals surface area contributed by atoms with Gasteiger partial charge in [0.15, 0.2) is 0 Å². The molecule has 2 rings (SSSR count). The molecule has 0 bridgehead atoms. The number of benzene rings is 2. The Hall–Kier alpha value is -1.51. The third-order valence-corrected chi connectivity index (χ3v) is 3.14. The number of hydrogen-bond acceptors (Lipinski definition) is 2. The third kappa shape index (κ3) is 3.49. The highest BCUT2D eigenvalue weighted by Gasteiger charge is 1.96. The number of hydrazone groups is 1. The number of nitrogens with one attached hydrogen (secondary N) is 1. The molecule has 0 saturated carbocycles. The Morgan fingerprint density at radius 3 is 2.39 bits per heavy atom. The molecule has 0 radical (unpaired) electrons. The van der Waals surface area contributed by atoms with E-state index in [1.54, 1.807) is 18.3 Å². The second-order valence-corrected chi connectivity index (χ2v) is 4.72. The maximum absolute atomic E-state index is 5.91. The van der Waals surface area contributed by atoms with Crippen molar-refractivity contribution in [2.24, 2.45) is 5.10 Å². The molecule has 0 aliphatic rings. The van der Waals surface area contributed by atoms with Crippen molar-refractivity contribution in [1.82, 2.24) is 0 Å². The van der Waals surface area contributed by atoms with Gasteiger partial charge in [-0.2, -0.15) is 5.10 Å². The average Bonchev–Trinajstić information content (AvgIpc) is 2.36. The van der Waals surface area contributed by atoms with Crippen LogP contribution < -0.4 is 5.43 Å². The molecule has 2 aromatic rings. The van der Waals surface area contributed by atoms with Crippen molar-refractivity contribution in [2.45, 2.75) is 6.92 Å². The maximum atomic E-state index is 5.91. The van der Waals surface area contributed by atoms with Gasteiger partial charge in [0.05, 0.1) is 21.9 Å². The Kier molecular flexibility index (Phi) is 4.24. The van der Waals surface area contributed by atoms with Gasteiger partial charge >= 0.3 is 0 Å². The smallest absolute Gasteiger partial charge is 0.0598 e. The van der Waals surface area contributed by atoms with Crippen LogP contribution in [0.1, 0.15) is 11.1 Å². The predicted molar refractivity (Wildman–Crippen MR) is 78.9 cm³/mol. The molecule has 0 saturated heterocycles. The monoisotopic (exact) mass is 278 g/mol. The molecule has 0 atom stereocenters. The molecular weight excluding hydrogens is 267 g/mol. The van der Waals surface area contributed by atoms with E-state index in [2.05, 4.69) is 10.5 Å². The summed E-state index contributed by atoms with van der Waals surface area (Å²) < 4.78 is 0. The van der Waals surface area contributed by atoms with Crippen molar-refractivity contribution in [3.05, 3.63) is 63.6 Å². The van der Waals surface area contributed by atoms with Gasteiger partial charge in [-0.15, -0.1) is 0 Å². The van der Waals surface area contributed by atoms with Crippen molar-refractivity contribution >= 4 is 35.1 Å². The van der Waals surface area contributed by atoms with Crippen molar-refractivity contribution < 1.29 is 0 Å². The number of aryl methyl sites for hydroxylation is 1. The van der Waals surface area contributed by atoms with E-state index in [4.69, 9.17) is 23.2 Å². The molecular formula is C14H12Cl2N2. The summed E-state index contributed by atoms with van der Waals surface area (Å²) in [7, 11) is 0. The summed E-state index contributed by atoms with van der Waals surface area (Å²) in [4.78, 5) is 0. The molecule has 18 heavy (non-hydrogen) atoms. The summed E-state index contributed by atoms with van der Waals surface area (Å²) in [5.41, 5.74) is 6.00. The van der Waals surface area contributed by atoms with E-state index in [1.807, 2.05) is 37.3 Å². The molecule has 4 heteroatoms. The molecule has 0 amide bonds. The zero-order valence-electron chi connectivity index (χ0n) is 9.82. The van der Waals surface area contributed by atoms with Crippen LogP contribution in [-0.4, -0.2) is 6.21 Å². The fourth-order valence-corrected chi connectivity index (χ4v) is 1.71. The second-order valence-electron chi connectivity index (χ2n) is 3.91. The highest BCUT2D eigenvalue weighted by atomic mass is 35.5. The Bertz CT molecular complexity index is 563. The van der Waals surface area contributed by atoms with Crippen LogP contribution in [0.15, 0.2) is 47.6 Å². The van der Waals surface area contributed by atoms with Crippen LogP contribution >= 0.6 is 23.2 Å². The van der Waals surface area contributed by atoms with Gasteiger partial charge in [0.2, 0.25) is 0 Å². The van der Waals surface area contributed by atoms with E-state index in [1.165, 1.54) is 5.56 Å². The van der Waals surface area contributed by atoms with E-state index >= 15 is 0 Å². The van der Waals surface area contributed by atoms with Crippen LogP contribution in [0, 0.1) is 6.92 Å². The summed E-state index contributed by atoms with van der Waals surface area (Å²) in [6.45, 7) is 2.04. The fourth-order valence-electron chi connectivity index (χ4n) is 1.40. The normalized spacial score (nSPS) is 10.8. The summed E-state index contributed by atoms with van der Waals surface area (Å²) in [5.74, 6) is 0. The van der Waals surface area contributed by atoms with Gasteiger partial charge in [-0.3, -0.25) is 5.43 Å². The standard InChI is InChI=1S/C14H12Cl2N2/c1-10-2-5-12(6-3-10)18-17-9-11-4-7-13(15)14(16)8-11/h2-9,18H,1H3/b17-9-. The molecule has 92 valence electrons. The predicted octanol–water partition coefficient (Wildman–Crippen LogP) is 4.75. The SMILES string of the molecule is Cc1ccc(N/N=C\c2ccc(Cl)c(Cl)c2)cc1. The van der Waals surface area contributed by atoms with Crippen LogP contribution in [-0.2, 0) is 0 Å². The van der Waals surface area contributed by atoms with Crippen LogP contribution in [0.25, 0.3) is 0 Å². The summed E-state index contributed by atoms with van der Waals surface area (Å²) in [5, 5.41) is 5.20. The molecule has 0 heterocycles. The summed E-state index contributed by atoms with van der Waals surface area (Å²) >= 11 is 11.7. The molecule has 0 unspecified atom stereocenters. The van der Waals surface area contributed by atoms with Crippen LogP contribution in [0.3, 0.4) is 0 Å². The zero-order valence-corrected chi connectivity index (χ0v) is 11.3. The second kappa shape index (κ2) is 5.89. The third-order valence-electron chi connectivity index (χ3n) is 2.40. The lowest BCUT2D eigenvalue weighted by Crippen LogP contribution is -1.90. The van der Waals surface area contributed by atoms with Crippen molar-refractivity contribution in [1.29, 1.82) is 0 Å². The van der Waals surface area contributed by atoms with E-state index < -0.39 is 0 Å². The molecule has 1 N–H and O–H groups in total. The van der Waals surface area contributed by atoms with Gasteiger partial charge < -0.3 is 0 Å². The van der Waals surface area contributed by atoms with Crippen LogP contribution in [0.2, 0.25) is 10.0 Å². The van der Waals surface area contributed by atoms with Gasteiger partial charge in [0.25, 0.3) is 0 Å². The average molecular weight is 279 g/mol. The molecule has 2 aromatic carbocycles. The summed E-state index contributed by atoms with van der Waals surface area (Å²) in [6, 6.07) is 13.4. The Balaban J connectivity index is 2.02. The van der Waals surface area contributed by atoms with E-state index in [0.29, 0.717) is 10.0 Å². The molecule has 2 nitrogen and oxygen atoms in total. The van der Waals surface area contributed by atoms with Gasteiger partial charge in [-0.25, -0.2) is 0 Å². The lowest BCUT2D eigenvalue weighted by Gasteiger charge is -2.01. The Morgan fingerprint density at radius 1 is 1.00 bits per heavy atom. The molecule has 0 fully saturated rings. The zero-order chi connectivity index (χ0) is 13.0. The van der Waals surface area contributed by atoms with Gasteiger partial charge in [-0.05, 0) is 36.8 Å². The number of nitrogens with zero attached hydrogens (tertiary/aromatic N) is 1. The van der Waals surface area contributed by atoms with Crippen LogP contribution in [0.5, 0.6) is 0 Å². The van der Waals surface area contributed by atoms with E-state index in [-0.39, 0.29) is 0 Å². The summed E-state index contributed by atoms with van der Waals surface area (Å²) in [6.07, 6.45) is 1.70. The Morgan fingerprint density at radius 2 is 1.72 bits per heavy atom. The minimum Gasteiger partial charge on any atom is -0.279 e. The quantitative estimate of drug-likeness (QED) is 0.636. The number of hydrogen-bond donors (Lipinski definition) is 1. The van der Waals surface area contributed by atoms with E-state index in [9.17, 15) is 0 Å². The first-order valence-corrected chi connectivity index (χ1v) is 6.21. The minimum absolute atomic E-state index is 0.524. The van der Waals surface area contributed by atoms with Crippen molar-refractivity contribution in [3.8, 4) is 0 Å². The topological polar surface area (TPSA) is 24.4 Å². The van der Waals surface area contributed by atoms with E-state index in [0.717, 1.165) is 11.3 Å². The van der Waals surface area contributed by atoms with Crippen LogP contribution in [0.4, 0.5) is 5.69 Å². The first-order valence-electron chi connectivity index (χ1n) is 5.46. The molecule has 0 aromatic heterocycles. The molecule has 0 aliphatic carbocycles. The largest absolute Gasteiger partial charge is 0.279 e. The van der Waals surface area contributed by atoms with Gasteiger partial charge in [-0.1, -0.05) is 47.0 Å². The van der Waals surface area contributed by atoms with Crippen molar-refractivity contribution in [3.63, 3.8) is 0 Å².